The summed E-state index contributed by atoms with van der Waals surface area (Å²) in [5, 5.41) is 8.75. The fraction of sp³-hybridized carbons (Fsp3) is 0.667. The molecule has 0 radical (unpaired) electrons. The quantitative estimate of drug-likeness (QED) is 0.494. The second-order valence-corrected chi connectivity index (χ2v) is 2.97. The van der Waals surface area contributed by atoms with Gasteiger partial charge in [-0.25, -0.2) is 4.79 Å². The van der Waals surface area contributed by atoms with Gasteiger partial charge in [0.25, 0.3) is 0 Å². The average molecular weight is 170 g/mol. The number of aliphatic hydroxyl groups excluding tert-OH is 1. The lowest BCUT2D eigenvalue weighted by Crippen LogP contribution is -2.13. The molecule has 0 aromatic carbocycles. The molecule has 0 spiro atoms. The minimum atomic E-state index is -0.233. The zero-order valence-electron chi connectivity index (χ0n) is 7.41. The molecule has 68 valence electrons. The molecule has 1 aliphatic rings. The molecule has 3 heteroatoms. The van der Waals surface area contributed by atoms with Crippen LogP contribution in [-0.2, 0) is 9.53 Å². The minimum absolute atomic E-state index is 0.0764. The molecule has 0 unspecified atom stereocenters. The van der Waals surface area contributed by atoms with E-state index in [0.717, 1.165) is 0 Å². The van der Waals surface area contributed by atoms with Crippen molar-refractivity contribution in [3.8, 4) is 0 Å². The summed E-state index contributed by atoms with van der Waals surface area (Å²) in [6, 6.07) is 0. The Balaban J connectivity index is 2.75. The third-order valence-corrected chi connectivity index (χ3v) is 2.25. The number of aliphatic hydroxyl groups is 1. The first-order chi connectivity index (χ1) is 5.70. The van der Waals surface area contributed by atoms with Crippen LogP contribution in [0.4, 0.5) is 0 Å². The maximum Gasteiger partial charge on any atom is 0.334 e. The van der Waals surface area contributed by atoms with Crippen molar-refractivity contribution in [2.45, 2.75) is 26.4 Å². The van der Waals surface area contributed by atoms with Crippen molar-refractivity contribution in [2.24, 2.45) is 5.92 Å². The van der Waals surface area contributed by atoms with Crippen LogP contribution in [0.15, 0.2) is 11.6 Å². The molecule has 1 N–H and O–H groups in total. The van der Waals surface area contributed by atoms with E-state index in [1.54, 1.807) is 6.08 Å². The number of hydrogen-bond acceptors (Lipinski definition) is 3. The van der Waals surface area contributed by atoms with Crippen LogP contribution >= 0.6 is 0 Å². The highest BCUT2D eigenvalue weighted by Gasteiger charge is 2.35. The third kappa shape index (κ3) is 1.50. The maximum absolute atomic E-state index is 11.1. The zero-order valence-corrected chi connectivity index (χ0v) is 7.41. The van der Waals surface area contributed by atoms with Crippen LogP contribution in [0.2, 0.25) is 0 Å². The lowest BCUT2D eigenvalue weighted by molar-refractivity contribution is -0.138. The van der Waals surface area contributed by atoms with Crippen LogP contribution in [0.5, 0.6) is 0 Å². The first-order valence-corrected chi connectivity index (χ1v) is 4.18. The average Bonchev–Trinajstić information content (AvgIpc) is 2.28. The van der Waals surface area contributed by atoms with Crippen LogP contribution in [0.3, 0.4) is 0 Å². The van der Waals surface area contributed by atoms with Gasteiger partial charge < -0.3 is 9.84 Å². The Morgan fingerprint density at radius 1 is 1.67 bits per heavy atom. The molecular weight excluding hydrogens is 156 g/mol. The summed E-state index contributed by atoms with van der Waals surface area (Å²) in [4.78, 5) is 11.1. The van der Waals surface area contributed by atoms with Crippen molar-refractivity contribution in [3.05, 3.63) is 11.6 Å². The fourth-order valence-electron chi connectivity index (χ4n) is 1.58. The maximum atomic E-state index is 11.1. The van der Waals surface area contributed by atoms with Gasteiger partial charge in [-0.15, -0.1) is 0 Å². The highest BCUT2D eigenvalue weighted by molar-refractivity contribution is 5.91. The van der Waals surface area contributed by atoms with E-state index in [0.29, 0.717) is 12.0 Å². The van der Waals surface area contributed by atoms with E-state index in [2.05, 4.69) is 0 Å². The predicted molar refractivity (Wildman–Crippen MR) is 44.5 cm³/mol. The molecule has 0 amide bonds. The lowest BCUT2D eigenvalue weighted by Gasteiger charge is -2.10. The van der Waals surface area contributed by atoms with Crippen molar-refractivity contribution in [1.82, 2.24) is 0 Å². The summed E-state index contributed by atoms with van der Waals surface area (Å²) in [6.07, 6.45) is 2.29. The second kappa shape index (κ2) is 3.72. The van der Waals surface area contributed by atoms with Gasteiger partial charge in [-0.3, -0.25) is 0 Å². The lowest BCUT2D eigenvalue weighted by atomic mass is 9.94. The Kier molecular flexibility index (Phi) is 2.87. The summed E-state index contributed by atoms with van der Waals surface area (Å²) in [6.45, 7) is 3.77. The summed E-state index contributed by atoms with van der Waals surface area (Å²) in [7, 11) is 0. The Morgan fingerprint density at radius 3 is 2.83 bits per heavy atom. The van der Waals surface area contributed by atoms with E-state index >= 15 is 0 Å². The number of ether oxygens (including phenoxy) is 1. The van der Waals surface area contributed by atoms with Gasteiger partial charge in [0.2, 0.25) is 0 Å². The molecular formula is C9H14O3. The Morgan fingerprint density at radius 2 is 2.33 bits per heavy atom. The molecule has 12 heavy (non-hydrogen) atoms. The normalized spacial score (nSPS) is 32.6. The van der Waals surface area contributed by atoms with Crippen molar-refractivity contribution in [3.63, 3.8) is 0 Å². The Labute approximate surface area is 72.0 Å². The summed E-state index contributed by atoms with van der Waals surface area (Å²) in [5.41, 5.74) is 0.705. The van der Waals surface area contributed by atoms with E-state index in [1.807, 2.05) is 13.8 Å². The van der Waals surface area contributed by atoms with Crippen molar-refractivity contribution in [2.75, 3.05) is 6.61 Å². The largest absolute Gasteiger partial charge is 0.459 e. The first-order valence-electron chi connectivity index (χ1n) is 4.18. The first kappa shape index (κ1) is 9.26. The summed E-state index contributed by atoms with van der Waals surface area (Å²) in [5.74, 6) is -0.157. The molecule has 0 aliphatic carbocycles. The molecule has 0 aromatic rings. The Hall–Kier alpha value is -0.830. The second-order valence-electron chi connectivity index (χ2n) is 2.97. The van der Waals surface area contributed by atoms with Crippen LogP contribution in [0.1, 0.15) is 20.3 Å². The predicted octanol–water partition coefficient (Wildman–Crippen LogP) is 0.877. The topological polar surface area (TPSA) is 46.5 Å². The highest BCUT2D eigenvalue weighted by atomic mass is 16.5. The molecule has 0 bridgehead atoms. The number of hydrogen-bond donors (Lipinski definition) is 1. The summed E-state index contributed by atoms with van der Waals surface area (Å²) >= 11 is 0. The van der Waals surface area contributed by atoms with Crippen molar-refractivity contribution in [1.29, 1.82) is 0 Å². The van der Waals surface area contributed by atoms with E-state index < -0.39 is 0 Å². The molecule has 3 nitrogen and oxygen atoms in total. The number of rotatable bonds is 2. The molecule has 1 saturated heterocycles. The number of esters is 1. The Bertz CT molecular complexity index is 208. The molecule has 0 saturated carbocycles. The summed E-state index contributed by atoms with van der Waals surface area (Å²) < 4.78 is 5.01. The van der Waals surface area contributed by atoms with E-state index in [4.69, 9.17) is 9.84 Å². The van der Waals surface area contributed by atoms with Crippen LogP contribution in [0.25, 0.3) is 0 Å². The van der Waals surface area contributed by atoms with Gasteiger partial charge in [0.15, 0.2) is 0 Å². The standard InChI is InChI=1S/C9H14O3/c1-3-7-8(4-5-10)6(2)12-9(7)11/h3,6,8,10H,4-5H2,1-2H3/b7-3-/t6-,8-/m1/s1. The highest BCUT2D eigenvalue weighted by Crippen LogP contribution is 2.29. The molecule has 1 aliphatic heterocycles. The molecule has 1 heterocycles. The van der Waals surface area contributed by atoms with Crippen LogP contribution in [-0.4, -0.2) is 23.8 Å². The molecule has 1 fully saturated rings. The number of carbonyl (C=O) groups is 1. The number of carbonyl (C=O) groups excluding carboxylic acids is 1. The number of cyclic esters (lactones) is 1. The van der Waals surface area contributed by atoms with Gasteiger partial charge in [0, 0.05) is 18.1 Å². The van der Waals surface area contributed by atoms with E-state index in [1.165, 1.54) is 0 Å². The fourth-order valence-corrected chi connectivity index (χ4v) is 1.58. The van der Waals surface area contributed by atoms with Gasteiger partial charge in [-0.2, -0.15) is 0 Å². The van der Waals surface area contributed by atoms with Crippen LogP contribution in [0, 0.1) is 5.92 Å². The van der Waals surface area contributed by atoms with E-state index in [-0.39, 0.29) is 24.6 Å². The van der Waals surface area contributed by atoms with Gasteiger partial charge in [-0.05, 0) is 20.3 Å². The minimum Gasteiger partial charge on any atom is -0.459 e. The SMILES string of the molecule is C/C=C1\C(=O)O[C@H](C)[C@H]1CCO. The van der Waals surface area contributed by atoms with Crippen molar-refractivity contribution >= 4 is 5.97 Å². The van der Waals surface area contributed by atoms with E-state index in [9.17, 15) is 4.79 Å². The molecule has 0 aromatic heterocycles. The van der Waals surface area contributed by atoms with Crippen molar-refractivity contribution < 1.29 is 14.6 Å². The monoisotopic (exact) mass is 170 g/mol. The van der Waals surface area contributed by atoms with Gasteiger partial charge in [0.05, 0.1) is 0 Å². The number of allylic oxidation sites excluding steroid dienone is 1. The van der Waals surface area contributed by atoms with Gasteiger partial charge >= 0.3 is 5.97 Å². The van der Waals surface area contributed by atoms with Gasteiger partial charge in [0.1, 0.15) is 6.10 Å². The zero-order chi connectivity index (χ0) is 9.14. The molecule has 1 rings (SSSR count). The van der Waals surface area contributed by atoms with Gasteiger partial charge in [-0.1, -0.05) is 6.08 Å². The smallest absolute Gasteiger partial charge is 0.334 e. The molecule has 2 atom stereocenters. The third-order valence-electron chi connectivity index (χ3n) is 2.25. The van der Waals surface area contributed by atoms with Crippen LogP contribution < -0.4 is 0 Å².